The van der Waals surface area contributed by atoms with E-state index in [1.165, 1.54) is 12.1 Å². The maximum Gasteiger partial charge on any atom is 0.197 e. The first-order valence-corrected chi connectivity index (χ1v) is 5.67. The number of nitrogens with one attached hydrogen (secondary N) is 1. The molecule has 0 saturated carbocycles. The molecule has 0 radical (unpaired) electrons. The van der Waals surface area contributed by atoms with E-state index < -0.39 is 0 Å². The van der Waals surface area contributed by atoms with Gasteiger partial charge in [-0.2, -0.15) is 0 Å². The summed E-state index contributed by atoms with van der Waals surface area (Å²) in [5.41, 5.74) is 1.19. The largest absolute Gasteiger partial charge is 0.441 e. The number of morpholine rings is 1. The highest BCUT2D eigenvalue weighted by Gasteiger charge is 2.17. The van der Waals surface area contributed by atoms with E-state index in [9.17, 15) is 4.39 Å². The highest BCUT2D eigenvalue weighted by molar-refractivity contribution is 5.72. The molecule has 4 nitrogen and oxygen atoms in total. The fourth-order valence-electron chi connectivity index (χ4n) is 2.00. The van der Waals surface area contributed by atoms with Crippen molar-refractivity contribution in [2.75, 3.05) is 19.8 Å². The normalized spacial score (nSPS) is 20.9. The summed E-state index contributed by atoms with van der Waals surface area (Å²) in [6.45, 7) is 2.25. The van der Waals surface area contributed by atoms with E-state index >= 15 is 0 Å². The minimum Gasteiger partial charge on any atom is -0.441 e. The Morgan fingerprint density at radius 1 is 1.47 bits per heavy atom. The Kier molecular flexibility index (Phi) is 2.78. The van der Waals surface area contributed by atoms with Crippen LogP contribution in [0.15, 0.2) is 22.6 Å². The molecule has 1 N–H and O–H groups in total. The van der Waals surface area contributed by atoms with Crippen molar-refractivity contribution in [3.05, 3.63) is 29.9 Å². The molecule has 0 amide bonds. The van der Waals surface area contributed by atoms with Gasteiger partial charge in [-0.15, -0.1) is 0 Å². The molecule has 1 aliphatic rings. The predicted octanol–water partition coefficient (Wildman–Crippen LogP) is 1.50. The summed E-state index contributed by atoms with van der Waals surface area (Å²) in [6, 6.07) is 4.58. The molecule has 1 aromatic carbocycles. The molecule has 1 atom stereocenters. The van der Waals surface area contributed by atoms with Crippen LogP contribution < -0.4 is 5.32 Å². The number of hydrogen-bond acceptors (Lipinski definition) is 4. The van der Waals surface area contributed by atoms with Gasteiger partial charge in [0.25, 0.3) is 0 Å². The second kappa shape index (κ2) is 4.43. The van der Waals surface area contributed by atoms with Gasteiger partial charge in [0.2, 0.25) is 0 Å². The maximum atomic E-state index is 13.0. The number of rotatable bonds is 2. The standard InChI is InChI=1S/C12H13FN2O2/c13-8-1-2-11-10(5-8)15-12(17-11)6-9-7-16-4-3-14-9/h1-2,5,9,14H,3-4,6-7H2. The van der Waals surface area contributed by atoms with Crippen molar-refractivity contribution >= 4 is 11.1 Å². The van der Waals surface area contributed by atoms with Crippen molar-refractivity contribution in [1.82, 2.24) is 10.3 Å². The molecule has 0 bridgehead atoms. The van der Waals surface area contributed by atoms with Gasteiger partial charge in [-0.25, -0.2) is 9.37 Å². The number of halogens is 1. The molecular weight excluding hydrogens is 223 g/mol. The third kappa shape index (κ3) is 2.30. The molecule has 5 heteroatoms. The second-order valence-corrected chi connectivity index (χ2v) is 4.15. The molecule has 1 unspecified atom stereocenters. The zero-order valence-corrected chi connectivity index (χ0v) is 9.28. The van der Waals surface area contributed by atoms with Gasteiger partial charge in [-0.1, -0.05) is 0 Å². The molecule has 0 spiro atoms. The lowest BCUT2D eigenvalue weighted by Crippen LogP contribution is -2.42. The van der Waals surface area contributed by atoms with Crippen LogP contribution in [0.4, 0.5) is 4.39 Å². The van der Waals surface area contributed by atoms with Gasteiger partial charge in [0.1, 0.15) is 11.3 Å². The predicted molar refractivity (Wildman–Crippen MR) is 60.3 cm³/mol. The SMILES string of the molecule is Fc1ccc2oc(CC3COCCN3)nc2c1. The summed E-state index contributed by atoms with van der Waals surface area (Å²) in [5.74, 6) is 0.324. The fourth-order valence-corrected chi connectivity index (χ4v) is 2.00. The first-order chi connectivity index (χ1) is 8.31. The molecule has 2 heterocycles. The summed E-state index contributed by atoms with van der Waals surface area (Å²) in [4.78, 5) is 4.27. The molecule has 90 valence electrons. The molecule has 0 aliphatic carbocycles. The van der Waals surface area contributed by atoms with E-state index in [1.54, 1.807) is 6.07 Å². The molecule has 1 saturated heterocycles. The molecule has 1 aromatic heterocycles. The Morgan fingerprint density at radius 3 is 3.24 bits per heavy atom. The summed E-state index contributed by atoms with van der Waals surface area (Å²) in [7, 11) is 0. The molecule has 1 fully saturated rings. The minimum atomic E-state index is -0.295. The quantitative estimate of drug-likeness (QED) is 0.858. The highest BCUT2D eigenvalue weighted by Crippen LogP contribution is 2.17. The van der Waals surface area contributed by atoms with E-state index in [-0.39, 0.29) is 11.9 Å². The molecule has 2 aromatic rings. The van der Waals surface area contributed by atoms with Crippen molar-refractivity contribution < 1.29 is 13.5 Å². The van der Waals surface area contributed by atoms with E-state index in [4.69, 9.17) is 9.15 Å². The van der Waals surface area contributed by atoms with Crippen LogP contribution >= 0.6 is 0 Å². The first-order valence-electron chi connectivity index (χ1n) is 5.67. The van der Waals surface area contributed by atoms with Crippen LogP contribution in [0.2, 0.25) is 0 Å². The number of ether oxygens (including phenoxy) is 1. The van der Waals surface area contributed by atoms with Gasteiger partial charge in [0, 0.05) is 25.1 Å². The van der Waals surface area contributed by atoms with E-state index in [0.717, 1.165) is 13.2 Å². The van der Waals surface area contributed by atoms with Gasteiger partial charge in [0.05, 0.1) is 13.2 Å². The van der Waals surface area contributed by atoms with Crippen LogP contribution in [-0.4, -0.2) is 30.8 Å². The first kappa shape index (κ1) is 10.7. The zero-order chi connectivity index (χ0) is 11.7. The van der Waals surface area contributed by atoms with Gasteiger partial charge in [-0.3, -0.25) is 0 Å². The van der Waals surface area contributed by atoms with Gasteiger partial charge >= 0.3 is 0 Å². The highest BCUT2D eigenvalue weighted by atomic mass is 19.1. The number of nitrogens with zero attached hydrogens (tertiary/aromatic N) is 1. The topological polar surface area (TPSA) is 47.3 Å². The fraction of sp³-hybridized carbons (Fsp3) is 0.417. The third-order valence-corrected chi connectivity index (χ3v) is 2.81. The van der Waals surface area contributed by atoms with E-state index in [1.807, 2.05) is 0 Å². The summed E-state index contributed by atoms with van der Waals surface area (Å²) in [5, 5.41) is 3.32. The van der Waals surface area contributed by atoms with Crippen molar-refractivity contribution in [1.29, 1.82) is 0 Å². The van der Waals surface area contributed by atoms with Crippen LogP contribution in [0.25, 0.3) is 11.1 Å². The Bertz CT molecular complexity index is 520. The minimum absolute atomic E-state index is 0.224. The third-order valence-electron chi connectivity index (χ3n) is 2.81. The average molecular weight is 236 g/mol. The van der Waals surface area contributed by atoms with Crippen molar-refractivity contribution in [2.45, 2.75) is 12.5 Å². The van der Waals surface area contributed by atoms with Crippen molar-refractivity contribution in [3.8, 4) is 0 Å². The molecular formula is C12H13FN2O2. The smallest absolute Gasteiger partial charge is 0.197 e. The lowest BCUT2D eigenvalue weighted by atomic mass is 10.2. The van der Waals surface area contributed by atoms with Crippen LogP contribution in [0.3, 0.4) is 0 Å². The van der Waals surface area contributed by atoms with Gasteiger partial charge < -0.3 is 14.5 Å². The molecule has 3 rings (SSSR count). The lowest BCUT2D eigenvalue weighted by molar-refractivity contribution is 0.0751. The zero-order valence-electron chi connectivity index (χ0n) is 9.28. The lowest BCUT2D eigenvalue weighted by Gasteiger charge is -2.22. The van der Waals surface area contributed by atoms with Crippen LogP contribution in [0.5, 0.6) is 0 Å². The Hall–Kier alpha value is -1.46. The van der Waals surface area contributed by atoms with Crippen LogP contribution in [0.1, 0.15) is 5.89 Å². The Balaban J connectivity index is 1.80. The average Bonchev–Trinajstić information content (AvgIpc) is 2.71. The maximum absolute atomic E-state index is 13.0. The van der Waals surface area contributed by atoms with Gasteiger partial charge in [-0.05, 0) is 12.1 Å². The number of aromatic nitrogens is 1. The Labute approximate surface area is 97.8 Å². The van der Waals surface area contributed by atoms with E-state index in [0.29, 0.717) is 30.0 Å². The summed E-state index contributed by atoms with van der Waals surface area (Å²) < 4.78 is 23.9. The van der Waals surface area contributed by atoms with Crippen molar-refractivity contribution in [2.24, 2.45) is 0 Å². The van der Waals surface area contributed by atoms with Crippen LogP contribution in [0, 0.1) is 5.82 Å². The number of hydrogen-bond donors (Lipinski definition) is 1. The van der Waals surface area contributed by atoms with Crippen molar-refractivity contribution in [3.63, 3.8) is 0 Å². The molecule has 17 heavy (non-hydrogen) atoms. The van der Waals surface area contributed by atoms with Crippen LogP contribution in [-0.2, 0) is 11.2 Å². The summed E-state index contributed by atoms with van der Waals surface area (Å²) in [6.07, 6.45) is 0.663. The number of oxazole rings is 1. The number of fused-ring (bicyclic) bond motifs is 1. The monoisotopic (exact) mass is 236 g/mol. The summed E-state index contributed by atoms with van der Waals surface area (Å²) >= 11 is 0. The van der Waals surface area contributed by atoms with Gasteiger partial charge in [0.15, 0.2) is 11.5 Å². The molecule has 1 aliphatic heterocycles. The Morgan fingerprint density at radius 2 is 2.41 bits per heavy atom. The van der Waals surface area contributed by atoms with E-state index in [2.05, 4.69) is 10.3 Å². The second-order valence-electron chi connectivity index (χ2n) is 4.15. The number of benzene rings is 1.